The van der Waals surface area contributed by atoms with Crippen LogP contribution in [0.4, 0.5) is 5.82 Å². The molecule has 2 N–H and O–H groups in total. The quantitative estimate of drug-likeness (QED) is 0.648. The van der Waals surface area contributed by atoms with E-state index in [0.29, 0.717) is 16.5 Å². The number of rotatable bonds is 6. The van der Waals surface area contributed by atoms with Gasteiger partial charge in [0.15, 0.2) is 5.65 Å². The first-order valence-corrected chi connectivity index (χ1v) is 8.88. The fourth-order valence-electron chi connectivity index (χ4n) is 2.80. The molecule has 6 heteroatoms. The number of aliphatic carboxylic acids is 1. The second kappa shape index (κ2) is 7.70. The number of pyridine rings is 2. The molecule has 2 aromatic heterocycles. The van der Waals surface area contributed by atoms with Gasteiger partial charge in [-0.1, -0.05) is 44.0 Å². The van der Waals surface area contributed by atoms with Crippen molar-refractivity contribution in [2.75, 3.05) is 5.32 Å². The van der Waals surface area contributed by atoms with Gasteiger partial charge in [-0.15, -0.1) is 0 Å². The van der Waals surface area contributed by atoms with Crippen LogP contribution in [0.3, 0.4) is 0 Å². The molecule has 2 unspecified atom stereocenters. The molecule has 26 heavy (non-hydrogen) atoms. The van der Waals surface area contributed by atoms with Crippen LogP contribution in [0.25, 0.3) is 22.2 Å². The Morgan fingerprint density at radius 2 is 2.00 bits per heavy atom. The highest BCUT2D eigenvalue weighted by molar-refractivity contribution is 6.30. The Morgan fingerprint density at radius 3 is 2.65 bits per heavy atom. The minimum atomic E-state index is -0.899. The average Bonchev–Trinajstić information content (AvgIpc) is 2.65. The van der Waals surface area contributed by atoms with Crippen molar-refractivity contribution in [2.24, 2.45) is 5.92 Å². The summed E-state index contributed by atoms with van der Waals surface area (Å²) >= 11 is 6.00. The van der Waals surface area contributed by atoms with Crippen LogP contribution in [0.5, 0.6) is 0 Å². The Balaban J connectivity index is 2.13. The van der Waals surface area contributed by atoms with Gasteiger partial charge in [-0.2, -0.15) is 0 Å². The summed E-state index contributed by atoms with van der Waals surface area (Å²) in [4.78, 5) is 20.6. The summed E-state index contributed by atoms with van der Waals surface area (Å²) in [7, 11) is 0. The molecular weight excluding hydrogens is 350 g/mol. The van der Waals surface area contributed by atoms with E-state index in [2.05, 4.69) is 15.3 Å². The number of halogens is 1. The van der Waals surface area contributed by atoms with Gasteiger partial charge in [0.05, 0.1) is 0 Å². The standard InChI is InChI=1S/C20H20ClN3O2/c1-3-12(2)17(20(25)26)23-19-16(13-6-8-15(21)9-7-13)11-14-5-4-10-22-18(14)24-19/h4-12,17H,3H2,1-2H3,(H,25,26)(H,22,23,24). The zero-order valence-electron chi connectivity index (χ0n) is 14.6. The summed E-state index contributed by atoms with van der Waals surface area (Å²) in [6.45, 7) is 3.88. The van der Waals surface area contributed by atoms with Crippen LogP contribution in [-0.4, -0.2) is 27.1 Å². The molecular formula is C20H20ClN3O2. The number of nitrogens with zero attached hydrogens (tertiary/aromatic N) is 2. The Morgan fingerprint density at radius 1 is 1.27 bits per heavy atom. The number of anilines is 1. The summed E-state index contributed by atoms with van der Waals surface area (Å²) in [6.07, 6.45) is 2.41. The van der Waals surface area contributed by atoms with E-state index in [1.54, 1.807) is 18.3 Å². The molecule has 0 aliphatic carbocycles. The molecule has 1 aromatic carbocycles. The maximum absolute atomic E-state index is 11.7. The monoisotopic (exact) mass is 369 g/mol. The zero-order valence-corrected chi connectivity index (χ0v) is 15.4. The fraction of sp³-hybridized carbons (Fsp3) is 0.250. The van der Waals surface area contributed by atoms with Crippen molar-refractivity contribution in [3.05, 3.63) is 53.7 Å². The molecule has 0 radical (unpaired) electrons. The third-order valence-corrected chi connectivity index (χ3v) is 4.77. The summed E-state index contributed by atoms with van der Waals surface area (Å²) < 4.78 is 0. The first-order valence-electron chi connectivity index (χ1n) is 8.50. The second-order valence-corrected chi connectivity index (χ2v) is 6.72. The van der Waals surface area contributed by atoms with Gasteiger partial charge in [0.2, 0.25) is 0 Å². The summed E-state index contributed by atoms with van der Waals surface area (Å²) in [5.41, 5.74) is 2.29. The van der Waals surface area contributed by atoms with Gasteiger partial charge in [-0.25, -0.2) is 14.8 Å². The van der Waals surface area contributed by atoms with Gasteiger partial charge in [-0.05, 0) is 41.8 Å². The number of fused-ring (bicyclic) bond motifs is 1. The van der Waals surface area contributed by atoms with Gasteiger partial charge >= 0.3 is 5.97 Å². The Kier molecular flexibility index (Phi) is 5.38. The highest BCUT2D eigenvalue weighted by atomic mass is 35.5. The van der Waals surface area contributed by atoms with E-state index in [1.165, 1.54) is 0 Å². The van der Waals surface area contributed by atoms with Crippen molar-refractivity contribution in [2.45, 2.75) is 26.3 Å². The maximum Gasteiger partial charge on any atom is 0.326 e. The highest BCUT2D eigenvalue weighted by Gasteiger charge is 2.25. The molecule has 3 aromatic rings. The molecule has 2 heterocycles. The van der Waals surface area contributed by atoms with E-state index in [0.717, 1.165) is 22.9 Å². The van der Waals surface area contributed by atoms with Crippen molar-refractivity contribution in [3.8, 4) is 11.1 Å². The number of hydrogen-bond donors (Lipinski definition) is 2. The largest absolute Gasteiger partial charge is 0.480 e. The lowest BCUT2D eigenvalue weighted by atomic mass is 9.98. The van der Waals surface area contributed by atoms with Crippen molar-refractivity contribution >= 4 is 34.4 Å². The van der Waals surface area contributed by atoms with Gasteiger partial charge in [-0.3, -0.25) is 0 Å². The van der Waals surface area contributed by atoms with E-state index in [-0.39, 0.29) is 5.92 Å². The van der Waals surface area contributed by atoms with Crippen LogP contribution >= 0.6 is 11.6 Å². The highest BCUT2D eigenvalue weighted by Crippen LogP contribution is 2.31. The smallest absolute Gasteiger partial charge is 0.326 e. The predicted octanol–water partition coefficient (Wildman–Crippen LogP) is 4.86. The van der Waals surface area contributed by atoms with E-state index >= 15 is 0 Å². The molecule has 0 bridgehead atoms. The van der Waals surface area contributed by atoms with Crippen LogP contribution in [0.15, 0.2) is 48.7 Å². The van der Waals surface area contributed by atoms with Crippen LogP contribution in [0, 0.1) is 5.92 Å². The Bertz CT molecular complexity index is 928. The van der Waals surface area contributed by atoms with Crippen LogP contribution in [0.2, 0.25) is 5.02 Å². The molecule has 0 aliphatic heterocycles. The lowest BCUT2D eigenvalue weighted by molar-refractivity contribution is -0.139. The van der Waals surface area contributed by atoms with Crippen molar-refractivity contribution < 1.29 is 9.90 Å². The predicted molar refractivity (Wildman–Crippen MR) is 104 cm³/mol. The Hall–Kier alpha value is -2.66. The topological polar surface area (TPSA) is 75.1 Å². The molecule has 134 valence electrons. The molecule has 3 rings (SSSR count). The summed E-state index contributed by atoms with van der Waals surface area (Å²) in [5.74, 6) is -0.442. The third kappa shape index (κ3) is 3.78. The Labute approximate surface area is 157 Å². The van der Waals surface area contributed by atoms with E-state index in [4.69, 9.17) is 11.6 Å². The summed E-state index contributed by atoms with van der Waals surface area (Å²) in [5, 5.41) is 14.3. The van der Waals surface area contributed by atoms with Crippen LogP contribution in [-0.2, 0) is 4.79 Å². The lowest BCUT2D eigenvalue weighted by Crippen LogP contribution is -2.35. The fourth-order valence-corrected chi connectivity index (χ4v) is 2.92. The van der Waals surface area contributed by atoms with Gasteiger partial charge in [0, 0.05) is 22.2 Å². The molecule has 0 fully saturated rings. The molecule has 2 atom stereocenters. The summed E-state index contributed by atoms with van der Waals surface area (Å²) in [6, 6.07) is 12.4. The van der Waals surface area contributed by atoms with E-state index < -0.39 is 12.0 Å². The third-order valence-electron chi connectivity index (χ3n) is 4.52. The van der Waals surface area contributed by atoms with Crippen LogP contribution in [0.1, 0.15) is 20.3 Å². The number of benzene rings is 1. The number of carboxylic acid groups (broad SMARTS) is 1. The van der Waals surface area contributed by atoms with Gasteiger partial charge in [0.25, 0.3) is 0 Å². The number of nitrogens with one attached hydrogen (secondary N) is 1. The second-order valence-electron chi connectivity index (χ2n) is 6.29. The van der Waals surface area contributed by atoms with E-state index in [9.17, 15) is 9.90 Å². The van der Waals surface area contributed by atoms with Crippen molar-refractivity contribution in [1.82, 2.24) is 9.97 Å². The van der Waals surface area contributed by atoms with Crippen LogP contribution < -0.4 is 5.32 Å². The van der Waals surface area contributed by atoms with Crippen molar-refractivity contribution in [3.63, 3.8) is 0 Å². The van der Waals surface area contributed by atoms with Gasteiger partial charge < -0.3 is 10.4 Å². The number of carboxylic acids is 1. The van der Waals surface area contributed by atoms with Crippen molar-refractivity contribution in [1.29, 1.82) is 0 Å². The normalized spacial score (nSPS) is 13.3. The lowest BCUT2D eigenvalue weighted by Gasteiger charge is -2.22. The minimum absolute atomic E-state index is 0.0493. The molecule has 0 saturated carbocycles. The number of carbonyl (C=O) groups is 1. The first-order chi connectivity index (χ1) is 12.5. The SMILES string of the molecule is CCC(C)C(Nc1nc2ncccc2cc1-c1ccc(Cl)cc1)C(=O)O. The van der Waals surface area contributed by atoms with E-state index in [1.807, 2.05) is 44.2 Å². The molecule has 0 spiro atoms. The first kappa shape index (κ1) is 18.1. The molecule has 0 saturated heterocycles. The average molecular weight is 370 g/mol. The molecule has 0 amide bonds. The number of hydrogen-bond acceptors (Lipinski definition) is 4. The number of aromatic nitrogens is 2. The molecule has 0 aliphatic rings. The minimum Gasteiger partial charge on any atom is -0.480 e. The zero-order chi connectivity index (χ0) is 18.7. The maximum atomic E-state index is 11.7. The van der Waals surface area contributed by atoms with Gasteiger partial charge in [0.1, 0.15) is 11.9 Å². The molecule has 5 nitrogen and oxygen atoms in total.